The molecule has 1 atom stereocenters. The first-order valence-corrected chi connectivity index (χ1v) is 10.8. The van der Waals surface area contributed by atoms with Crippen LogP contribution in [-0.4, -0.2) is 72.4 Å². The molecule has 178 valence electrons. The number of urea groups is 1. The van der Waals surface area contributed by atoms with Gasteiger partial charge in [-0.15, -0.1) is 0 Å². The number of amides is 4. The molecule has 0 aromatic heterocycles. The molecule has 0 aliphatic carbocycles. The second-order valence-corrected chi connectivity index (χ2v) is 8.32. The van der Waals surface area contributed by atoms with Gasteiger partial charge in [0, 0.05) is 44.0 Å². The third-order valence-electron chi connectivity index (χ3n) is 6.27. The van der Waals surface area contributed by atoms with Gasteiger partial charge in [0.2, 0.25) is 5.91 Å². The number of nitro benzene ring substituents is 1. The Kier molecular flexibility index (Phi) is 6.10. The van der Waals surface area contributed by atoms with E-state index in [1.807, 2.05) is 24.3 Å². The monoisotopic (exact) mass is 467 g/mol. The molecule has 34 heavy (non-hydrogen) atoms. The van der Waals surface area contributed by atoms with Crippen molar-refractivity contribution in [1.82, 2.24) is 15.1 Å². The van der Waals surface area contributed by atoms with Crippen LogP contribution in [0, 0.1) is 10.1 Å². The zero-order valence-electron chi connectivity index (χ0n) is 18.9. The van der Waals surface area contributed by atoms with Gasteiger partial charge in [-0.2, -0.15) is 0 Å². The summed E-state index contributed by atoms with van der Waals surface area (Å²) in [6.07, 6.45) is 0. The number of anilines is 1. The minimum Gasteiger partial charge on any atom is -0.497 e. The fraction of sp³-hybridized carbons (Fsp3) is 0.348. The molecule has 0 saturated carbocycles. The third kappa shape index (κ3) is 4.24. The Morgan fingerprint density at radius 3 is 2.41 bits per heavy atom. The van der Waals surface area contributed by atoms with Crippen LogP contribution < -0.4 is 15.0 Å². The lowest BCUT2D eigenvalue weighted by atomic mass is 9.91. The number of methoxy groups -OCH3 is 1. The normalized spacial score (nSPS) is 20.4. The molecule has 2 aliphatic rings. The predicted octanol–water partition coefficient (Wildman–Crippen LogP) is 1.72. The number of hydrogen-bond acceptors (Lipinski definition) is 7. The topological polar surface area (TPSA) is 125 Å². The van der Waals surface area contributed by atoms with Crippen molar-refractivity contribution in [1.29, 1.82) is 0 Å². The number of nitrogens with zero attached hydrogens (tertiary/aromatic N) is 4. The lowest BCUT2D eigenvalue weighted by molar-refractivity contribution is -0.385. The number of piperazine rings is 1. The minimum atomic E-state index is -1.49. The number of carbonyl (C=O) groups is 3. The molecular formula is C23H25N5O6. The van der Waals surface area contributed by atoms with Gasteiger partial charge in [0.1, 0.15) is 17.8 Å². The zero-order valence-corrected chi connectivity index (χ0v) is 18.9. The molecule has 4 amide bonds. The molecule has 2 aromatic carbocycles. The summed E-state index contributed by atoms with van der Waals surface area (Å²) in [6.45, 7) is 3.22. The van der Waals surface area contributed by atoms with Crippen molar-refractivity contribution in [2.45, 2.75) is 12.5 Å². The Balaban J connectivity index is 1.39. The van der Waals surface area contributed by atoms with Crippen molar-refractivity contribution in [2.24, 2.45) is 0 Å². The molecule has 4 rings (SSSR count). The van der Waals surface area contributed by atoms with Gasteiger partial charge in [0.25, 0.3) is 11.6 Å². The maximum Gasteiger partial charge on any atom is 0.325 e. The second kappa shape index (κ2) is 9.00. The second-order valence-electron chi connectivity index (χ2n) is 8.32. The quantitative estimate of drug-likeness (QED) is 0.390. The van der Waals surface area contributed by atoms with E-state index in [0.717, 1.165) is 16.3 Å². The molecule has 0 bridgehead atoms. The highest BCUT2D eigenvalue weighted by Crippen LogP contribution is 2.31. The molecule has 1 N–H and O–H groups in total. The van der Waals surface area contributed by atoms with E-state index in [0.29, 0.717) is 26.2 Å². The first kappa shape index (κ1) is 23.0. The summed E-state index contributed by atoms with van der Waals surface area (Å²) in [6, 6.07) is 12.5. The van der Waals surface area contributed by atoms with Crippen LogP contribution in [0.4, 0.5) is 16.2 Å². The molecule has 11 heteroatoms. The van der Waals surface area contributed by atoms with Crippen LogP contribution in [0.5, 0.6) is 5.75 Å². The summed E-state index contributed by atoms with van der Waals surface area (Å²) in [5.41, 5.74) is -0.376. The number of benzene rings is 2. The smallest absolute Gasteiger partial charge is 0.325 e. The van der Waals surface area contributed by atoms with Gasteiger partial charge in [-0.3, -0.25) is 24.6 Å². The van der Waals surface area contributed by atoms with E-state index < -0.39 is 28.9 Å². The number of rotatable bonds is 6. The zero-order chi connectivity index (χ0) is 24.5. The van der Waals surface area contributed by atoms with E-state index in [1.54, 1.807) is 12.0 Å². The third-order valence-corrected chi connectivity index (χ3v) is 6.27. The number of carbonyl (C=O) groups excluding carboxylic acids is 3. The van der Waals surface area contributed by atoms with Crippen LogP contribution in [0.3, 0.4) is 0 Å². The lowest BCUT2D eigenvalue weighted by Gasteiger charge is -2.36. The Bertz CT molecular complexity index is 1130. The van der Waals surface area contributed by atoms with Crippen LogP contribution in [0.2, 0.25) is 0 Å². The van der Waals surface area contributed by atoms with Crippen molar-refractivity contribution in [2.75, 3.05) is 44.7 Å². The molecular weight excluding hydrogens is 442 g/mol. The van der Waals surface area contributed by atoms with Gasteiger partial charge in [-0.25, -0.2) is 4.79 Å². The van der Waals surface area contributed by atoms with Crippen molar-refractivity contribution in [3.63, 3.8) is 0 Å². The van der Waals surface area contributed by atoms with Crippen LogP contribution in [-0.2, 0) is 15.1 Å². The Hall–Kier alpha value is -4.15. The Morgan fingerprint density at radius 2 is 1.79 bits per heavy atom. The SMILES string of the molecule is COc1ccc(N2CCN(C(=O)CN3C(=O)NC(C)(c4cccc([N+](=O)[O-])c4)C3=O)CC2)cc1. The molecule has 2 aromatic rings. The van der Waals surface area contributed by atoms with E-state index in [2.05, 4.69) is 10.2 Å². The van der Waals surface area contributed by atoms with E-state index in [1.165, 1.54) is 31.2 Å². The summed E-state index contributed by atoms with van der Waals surface area (Å²) in [4.78, 5) is 53.8. The summed E-state index contributed by atoms with van der Waals surface area (Å²) in [5.74, 6) is -0.187. The molecule has 2 aliphatic heterocycles. The highest BCUT2D eigenvalue weighted by atomic mass is 16.6. The molecule has 2 heterocycles. The maximum absolute atomic E-state index is 13.1. The summed E-state index contributed by atoms with van der Waals surface area (Å²) in [5, 5.41) is 13.7. The Morgan fingerprint density at radius 1 is 1.12 bits per heavy atom. The van der Waals surface area contributed by atoms with Crippen molar-refractivity contribution in [3.8, 4) is 5.75 Å². The largest absolute Gasteiger partial charge is 0.497 e. The van der Waals surface area contributed by atoms with Gasteiger partial charge in [-0.1, -0.05) is 12.1 Å². The standard InChI is InChI=1S/C23H25N5O6/c1-23(16-4-3-5-18(14-16)28(32)33)21(30)27(22(31)24-23)15-20(29)26-12-10-25(11-13-26)17-6-8-19(34-2)9-7-17/h3-9,14H,10-13,15H2,1-2H3,(H,24,31). The van der Waals surface area contributed by atoms with Gasteiger partial charge >= 0.3 is 6.03 Å². The van der Waals surface area contributed by atoms with Crippen molar-refractivity contribution < 1.29 is 24.0 Å². The van der Waals surface area contributed by atoms with Crippen LogP contribution in [0.25, 0.3) is 0 Å². The number of hydrogen-bond donors (Lipinski definition) is 1. The highest BCUT2D eigenvalue weighted by molar-refractivity contribution is 6.09. The Labute approximate surface area is 196 Å². The number of imide groups is 1. The fourth-order valence-electron chi connectivity index (χ4n) is 4.21. The number of nitrogens with one attached hydrogen (secondary N) is 1. The molecule has 0 spiro atoms. The molecule has 2 fully saturated rings. The van der Waals surface area contributed by atoms with Crippen LogP contribution >= 0.6 is 0 Å². The van der Waals surface area contributed by atoms with Gasteiger partial charge < -0.3 is 19.9 Å². The van der Waals surface area contributed by atoms with E-state index >= 15 is 0 Å². The summed E-state index contributed by atoms with van der Waals surface area (Å²) >= 11 is 0. The lowest BCUT2D eigenvalue weighted by Crippen LogP contribution is -2.52. The number of nitro groups is 1. The summed E-state index contributed by atoms with van der Waals surface area (Å²) in [7, 11) is 1.61. The number of ether oxygens (including phenoxy) is 1. The maximum atomic E-state index is 13.1. The van der Waals surface area contributed by atoms with Gasteiger partial charge in [-0.05, 0) is 36.8 Å². The molecule has 1 unspecified atom stereocenters. The van der Waals surface area contributed by atoms with Crippen LogP contribution in [0.1, 0.15) is 12.5 Å². The van der Waals surface area contributed by atoms with E-state index in [-0.39, 0.29) is 17.2 Å². The van der Waals surface area contributed by atoms with Crippen LogP contribution in [0.15, 0.2) is 48.5 Å². The summed E-state index contributed by atoms with van der Waals surface area (Å²) < 4.78 is 5.18. The highest BCUT2D eigenvalue weighted by Gasteiger charge is 2.50. The molecule has 0 radical (unpaired) electrons. The van der Waals surface area contributed by atoms with Gasteiger partial charge in [0.15, 0.2) is 0 Å². The number of non-ortho nitro benzene ring substituents is 1. The van der Waals surface area contributed by atoms with Gasteiger partial charge in [0.05, 0.1) is 12.0 Å². The van der Waals surface area contributed by atoms with Crippen molar-refractivity contribution >= 4 is 29.2 Å². The average molecular weight is 467 g/mol. The fourth-order valence-corrected chi connectivity index (χ4v) is 4.21. The first-order chi connectivity index (χ1) is 16.2. The predicted molar refractivity (Wildman–Crippen MR) is 122 cm³/mol. The van der Waals surface area contributed by atoms with E-state index in [4.69, 9.17) is 4.74 Å². The average Bonchev–Trinajstić information content (AvgIpc) is 3.08. The first-order valence-electron chi connectivity index (χ1n) is 10.8. The van der Waals surface area contributed by atoms with E-state index in [9.17, 15) is 24.5 Å². The van der Waals surface area contributed by atoms with Crippen molar-refractivity contribution in [3.05, 3.63) is 64.2 Å². The minimum absolute atomic E-state index is 0.190. The molecule has 2 saturated heterocycles. The molecule has 11 nitrogen and oxygen atoms in total.